The number of nitrogens with two attached hydrogens (primary N) is 1. The van der Waals surface area contributed by atoms with E-state index in [1.165, 1.54) is 11.3 Å². The Labute approximate surface area is 254 Å². The largest absolute Gasteiger partial charge is 0.490 e. The van der Waals surface area contributed by atoms with Crippen molar-refractivity contribution in [2.45, 2.75) is 31.0 Å². The number of halogens is 3. The molecule has 0 saturated carbocycles. The summed E-state index contributed by atoms with van der Waals surface area (Å²) >= 11 is 1.37. The summed E-state index contributed by atoms with van der Waals surface area (Å²) in [5.74, 6) is -3.97. The number of carboxylic acid groups (broad SMARTS) is 2. The fourth-order valence-corrected chi connectivity index (χ4v) is 5.09. The molecule has 230 valence electrons. The van der Waals surface area contributed by atoms with Crippen molar-refractivity contribution in [1.29, 1.82) is 0 Å². The van der Waals surface area contributed by atoms with Crippen LogP contribution < -0.4 is 11.1 Å². The highest BCUT2D eigenvalue weighted by molar-refractivity contribution is 7.14. The third kappa shape index (κ3) is 10.1. The molecule has 0 aliphatic heterocycles. The van der Waals surface area contributed by atoms with Crippen LogP contribution in [-0.4, -0.2) is 57.6 Å². The van der Waals surface area contributed by atoms with Crippen molar-refractivity contribution in [2.24, 2.45) is 10.7 Å². The van der Waals surface area contributed by atoms with Gasteiger partial charge in [0.1, 0.15) is 17.6 Å². The van der Waals surface area contributed by atoms with Crippen LogP contribution in [0.15, 0.2) is 102 Å². The summed E-state index contributed by atoms with van der Waals surface area (Å²) in [6.07, 6.45) is -2.77. The summed E-state index contributed by atoms with van der Waals surface area (Å²) in [4.78, 5) is 43.6. The minimum absolute atomic E-state index is 0.0216. The molecule has 1 atom stereocenters. The number of aromatic nitrogens is 1. The van der Waals surface area contributed by atoms with Crippen molar-refractivity contribution in [3.63, 3.8) is 0 Å². The molecule has 4 aromatic rings. The van der Waals surface area contributed by atoms with E-state index in [-0.39, 0.29) is 12.3 Å². The lowest BCUT2D eigenvalue weighted by Gasteiger charge is -2.17. The number of benzene rings is 2. The number of aliphatic carboxylic acids is 2. The highest BCUT2D eigenvalue weighted by Gasteiger charge is 2.38. The Kier molecular flexibility index (Phi) is 12.2. The molecule has 0 bridgehead atoms. The van der Waals surface area contributed by atoms with Gasteiger partial charge in [0, 0.05) is 23.5 Å². The summed E-state index contributed by atoms with van der Waals surface area (Å²) in [6.45, 7) is 0.334. The number of hydrogen-bond acceptors (Lipinski definition) is 6. The van der Waals surface area contributed by atoms with Crippen molar-refractivity contribution in [3.05, 3.63) is 124 Å². The normalized spacial score (nSPS) is 12.1. The van der Waals surface area contributed by atoms with Crippen molar-refractivity contribution < 1.29 is 37.8 Å². The van der Waals surface area contributed by atoms with Gasteiger partial charge in [0.15, 0.2) is 0 Å². The van der Waals surface area contributed by atoms with Crippen molar-refractivity contribution in [3.8, 4) is 0 Å². The number of amidine groups is 1. The van der Waals surface area contributed by atoms with Gasteiger partial charge < -0.3 is 21.3 Å². The molecule has 2 heterocycles. The predicted octanol–water partition coefficient (Wildman–Crippen LogP) is 5.33. The monoisotopic (exact) mass is 626 g/mol. The number of rotatable bonds is 11. The zero-order valence-electron chi connectivity index (χ0n) is 23.1. The second-order valence-corrected chi connectivity index (χ2v) is 10.4. The Morgan fingerprint density at radius 3 is 1.95 bits per heavy atom. The van der Waals surface area contributed by atoms with E-state index in [2.05, 4.69) is 39.6 Å². The lowest BCUT2D eigenvalue weighted by atomic mass is 9.90. The molecule has 1 amide bonds. The van der Waals surface area contributed by atoms with E-state index in [1.54, 1.807) is 24.4 Å². The number of nitrogens with zero attached hydrogens (tertiary/aromatic N) is 2. The zero-order chi connectivity index (χ0) is 32.1. The van der Waals surface area contributed by atoms with Crippen molar-refractivity contribution in [2.75, 3.05) is 6.54 Å². The van der Waals surface area contributed by atoms with Gasteiger partial charge in [0.25, 0.3) is 5.91 Å². The fraction of sp³-hybridized carbons (Fsp3) is 0.194. The van der Waals surface area contributed by atoms with Crippen molar-refractivity contribution >= 4 is 35.0 Å². The van der Waals surface area contributed by atoms with Gasteiger partial charge in [0.2, 0.25) is 0 Å². The number of carbonyl (C=O) groups excluding carboxylic acids is 1. The van der Waals surface area contributed by atoms with Crippen LogP contribution in [0.2, 0.25) is 0 Å². The van der Waals surface area contributed by atoms with E-state index in [9.17, 15) is 27.9 Å². The maximum atomic E-state index is 13.0. The third-order valence-corrected chi connectivity index (χ3v) is 7.26. The van der Waals surface area contributed by atoms with Gasteiger partial charge >= 0.3 is 18.1 Å². The topological polar surface area (TPSA) is 155 Å². The van der Waals surface area contributed by atoms with Gasteiger partial charge in [0.05, 0.1) is 4.88 Å². The fourth-order valence-electron chi connectivity index (χ4n) is 4.02. The molecule has 0 saturated heterocycles. The molecule has 13 heteroatoms. The molecule has 4 rings (SSSR count). The van der Waals surface area contributed by atoms with Crippen LogP contribution in [0.25, 0.3) is 0 Å². The molecule has 0 radical (unpaired) electrons. The number of aliphatic imine (C=N–C) groups is 1. The number of nitrogens with one attached hydrogen (secondary N) is 1. The number of amides is 1. The minimum atomic E-state index is -5.08. The number of carbonyl (C=O) groups is 3. The smallest absolute Gasteiger partial charge is 0.480 e. The quantitative estimate of drug-likeness (QED) is 0.0997. The Morgan fingerprint density at radius 1 is 0.886 bits per heavy atom. The molecular formula is C31H29F3N4O5S. The van der Waals surface area contributed by atoms with Crippen LogP contribution in [0.1, 0.15) is 50.1 Å². The average molecular weight is 627 g/mol. The van der Waals surface area contributed by atoms with Crippen molar-refractivity contribution in [1.82, 2.24) is 10.3 Å². The SMILES string of the molecule is NC(=NCCC[C@H](NC(=O)c1ccc(C(c2ccccc2)c2ccccc2)s1)C(=O)O)c1ccccn1.O=C(O)C(F)(F)F. The van der Waals surface area contributed by atoms with E-state index < -0.39 is 30.1 Å². The Balaban J connectivity index is 0.000000676. The molecule has 9 nitrogen and oxygen atoms in total. The maximum Gasteiger partial charge on any atom is 0.490 e. The molecule has 44 heavy (non-hydrogen) atoms. The number of hydrogen-bond donors (Lipinski definition) is 4. The molecule has 0 unspecified atom stereocenters. The van der Waals surface area contributed by atoms with Gasteiger partial charge in [-0.05, 0) is 48.2 Å². The van der Waals surface area contributed by atoms with Gasteiger partial charge in [-0.25, -0.2) is 9.59 Å². The number of thiophene rings is 1. The van der Waals surface area contributed by atoms with E-state index in [1.807, 2.05) is 48.5 Å². The molecular weight excluding hydrogens is 597 g/mol. The molecule has 0 spiro atoms. The number of alkyl halides is 3. The molecule has 0 aliphatic rings. The van der Waals surface area contributed by atoms with E-state index in [0.717, 1.165) is 16.0 Å². The van der Waals surface area contributed by atoms with E-state index >= 15 is 0 Å². The molecule has 0 fully saturated rings. The van der Waals surface area contributed by atoms with E-state index in [4.69, 9.17) is 15.6 Å². The first kappa shape index (κ1) is 33.5. The van der Waals surface area contributed by atoms with Gasteiger partial charge in [-0.2, -0.15) is 13.2 Å². The second-order valence-electron chi connectivity index (χ2n) is 9.25. The molecule has 0 aliphatic carbocycles. The standard InChI is InChI=1S/C29H28N4O3S.C2HF3O2/c30-27(22-14-7-8-18-31-22)32-19-9-15-23(29(35)36)33-28(34)25-17-16-24(37-25)26(20-10-3-1-4-11-20)21-12-5-2-6-13-21;3-2(4,5)1(6)7/h1-8,10-14,16-18,23,26H,9,15,19H2,(H2,30,32)(H,33,34)(H,35,36);(H,6,7)/t23-;/m0./s1. The zero-order valence-corrected chi connectivity index (χ0v) is 24.0. The van der Waals surface area contributed by atoms with Crippen LogP contribution in [-0.2, 0) is 9.59 Å². The first-order valence-electron chi connectivity index (χ1n) is 13.2. The van der Waals surface area contributed by atoms with Gasteiger partial charge in [-0.3, -0.25) is 14.8 Å². The van der Waals surface area contributed by atoms with Gasteiger partial charge in [-0.1, -0.05) is 66.7 Å². The van der Waals surface area contributed by atoms with Crippen LogP contribution in [0.5, 0.6) is 0 Å². The number of pyridine rings is 1. The summed E-state index contributed by atoms with van der Waals surface area (Å²) < 4.78 is 31.7. The van der Waals surface area contributed by atoms with Crippen LogP contribution in [0, 0.1) is 0 Å². The maximum absolute atomic E-state index is 13.0. The average Bonchev–Trinajstić information content (AvgIpc) is 3.50. The summed E-state index contributed by atoms with van der Waals surface area (Å²) in [7, 11) is 0. The van der Waals surface area contributed by atoms with Crippen LogP contribution in [0.4, 0.5) is 13.2 Å². The summed E-state index contributed by atoms with van der Waals surface area (Å²) in [5.41, 5.74) is 8.76. The highest BCUT2D eigenvalue weighted by Crippen LogP contribution is 2.36. The van der Waals surface area contributed by atoms with Crippen LogP contribution >= 0.6 is 11.3 Å². The van der Waals surface area contributed by atoms with Gasteiger partial charge in [-0.15, -0.1) is 11.3 Å². The molecule has 2 aromatic carbocycles. The lowest BCUT2D eigenvalue weighted by molar-refractivity contribution is -0.192. The van der Waals surface area contributed by atoms with Crippen LogP contribution in [0.3, 0.4) is 0 Å². The predicted molar refractivity (Wildman–Crippen MR) is 160 cm³/mol. The lowest BCUT2D eigenvalue weighted by Crippen LogP contribution is -2.40. The first-order chi connectivity index (χ1) is 21.0. The third-order valence-electron chi connectivity index (χ3n) is 6.11. The first-order valence-corrected chi connectivity index (χ1v) is 14.0. The highest BCUT2D eigenvalue weighted by atomic mass is 32.1. The molecule has 2 aromatic heterocycles. The molecule has 5 N–H and O–H groups in total. The number of carboxylic acids is 2. The Hall–Kier alpha value is -5.04. The Bertz CT molecular complexity index is 1510. The summed E-state index contributed by atoms with van der Waals surface area (Å²) in [5, 5.41) is 19.5. The van der Waals surface area contributed by atoms with E-state index in [0.29, 0.717) is 29.4 Å². The minimum Gasteiger partial charge on any atom is -0.480 e. The second kappa shape index (κ2) is 16.0. The summed E-state index contributed by atoms with van der Waals surface area (Å²) in [6, 6.07) is 28.3. The Morgan fingerprint density at radius 2 is 1.45 bits per heavy atom.